The maximum atomic E-state index is 11.9. The van der Waals surface area contributed by atoms with Gasteiger partial charge in [0.25, 0.3) is 5.91 Å². The number of nitrogens with two attached hydrogens (primary N) is 1. The van der Waals surface area contributed by atoms with E-state index in [-0.39, 0.29) is 5.91 Å². The summed E-state index contributed by atoms with van der Waals surface area (Å²) >= 11 is 0. The predicted octanol–water partition coefficient (Wildman–Crippen LogP) is 1.93. The number of aromatic nitrogens is 2. The average Bonchev–Trinajstić information content (AvgIpc) is 2.28. The molecule has 18 heavy (non-hydrogen) atoms. The zero-order valence-corrected chi connectivity index (χ0v) is 10.3. The normalized spacial score (nSPS) is 10.1. The minimum Gasteiger partial charge on any atom is -0.384 e. The zero-order chi connectivity index (χ0) is 13.1. The van der Waals surface area contributed by atoms with E-state index < -0.39 is 0 Å². The number of hydrogen-bond acceptors (Lipinski definition) is 4. The van der Waals surface area contributed by atoms with Crippen molar-refractivity contribution in [1.29, 1.82) is 0 Å². The second-order valence-corrected chi connectivity index (χ2v) is 4.10. The van der Waals surface area contributed by atoms with Gasteiger partial charge in [0.05, 0.1) is 5.56 Å². The van der Waals surface area contributed by atoms with Crippen LogP contribution in [-0.4, -0.2) is 15.9 Å². The first-order valence-electron chi connectivity index (χ1n) is 5.53. The summed E-state index contributed by atoms with van der Waals surface area (Å²) in [7, 11) is 0. The molecule has 1 amide bonds. The average molecular weight is 242 g/mol. The predicted molar refractivity (Wildman–Crippen MR) is 70.3 cm³/mol. The van der Waals surface area contributed by atoms with Crippen LogP contribution in [0.15, 0.2) is 30.5 Å². The first kappa shape index (κ1) is 12.0. The first-order chi connectivity index (χ1) is 8.54. The number of rotatable bonds is 2. The number of nitrogens with zero attached hydrogens (tertiary/aromatic N) is 2. The van der Waals surface area contributed by atoms with Gasteiger partial charge >= 0.3 is 0 Å². The summed E-state index contributed by atoms with van der Waals surface area (Å²) in [6.45, 7) is 3.84. The van der Waals surface area contributed by atoms with E-state index in [0.717, 1.165) is 11.3 Å². The van der Waals surface area contributed by atoms with Gasteiger partial charge in [0.2, 0.25) is 0 Å². The van der Waals surface area contributed by atoms with Gasteiger partial charge in [0.15, 0.2) is 0 Å². The van der Waals surface area contributed by atoms with Gasteiger partial charge in [0.1, 0.15) is 11.6 Å². The molecule has 0 aliphatic heterocycles. The van der Waals surface area contributed by atoms with Crippen LogP contribution >= 0.6 is 0 Å². The van der Waals surface area contributed by atoms with Gasteiger partial charge in [-0.2, -0.15) is 0 Å². The Kier molecular flexibility index (Phi) is 3.23. The SMILES string of the molecule is Cc1cc(C)nc(NC(=O)c2ccc(N)nc2)c1. The molecule has 2 aromatic heterocycles. The molecule has 0 atom stereocenters. The Morgan fingerprint density at radius 2 is 2.06 bits per heavy atom. The van der Waals surface area contributed by atoms with Crippen molar-refractivity contribution in [3.05, 3.63) is 47.3 Å². The minimum absolute atomic E-state index is 0.250. The van der Waals surface area contributed by atoms with Crippen LogP contribution in [-0.2, 0) is 0 Å². The largest absolute Gasteiger partial charge is 0.384 e. The molecule has 2 aromatic rings. The van der Waals surface area contributed by atoms with E-state index >= 15 is 0 Å². The molecule has 2 rings (SSSR count). The molecule has 0 spiro atoms. The van der Waals surface area contributed by atoms with E-state index in [1.807, 2.05) is 26.0 Å². The van der Waals surface area contributed by atoms with Crippen LogP contribution in [0, 0.1) is 13.8 Å². The van der Waals surface area contributed by atoms with Crippen LogP contribution < -0.4 is 11.1 Å². The smallest absolute Gasteiger partial charge is 0.258 e. The Bertz CT molecular complexity index is 558. The number of amides is 1. The lowest BCUT2D eigenvalue weighted by atomic mass is 10.2. The Labute approximate surface area is 105 Å². The van der Waals surface area contributed by atoms with Gasteiger partial charge in [-0.25, -0.2) is 9.97 Å². The quantitative estimate of drug-likeness (QED) is 0.843. The number of hydrogen-bond donors (Lipinski definition) is 2. The third-order valence-corrected chi connectivity index (χ3v) is 2.39. The van der Waals surface area contributed by atoms with Crippen molar-refractivity contribution >= 4 is 17.5 Å². The molecule has 0 saturated carbocycles. The summed E-state index contributed by atoms with van der Waals surface area (Å²) in [5, 5.41) is 2.73. The van der Waals surface area contributed by atoms with Crippen molar-refractivity contribution in [1.82, 2.24) is 9.97 Å². The molecule has 0 aliphatic rings. The van der Waals surface area contributed by atoms with E-state index in [1.54, 1.807) is 12.1 Å². The summed E-state index contributed by atoms with van der Waals surface area (Å²) in [5.41, 5.74) is 7.82. The van der Waals surface area contributed by atoms with Crippen molar-refractivity contribution in [3.8, 4) is 0 Å². The van der Waals surface area contributed by atoms with Crippen LogP contribution in [0.4, 0.5) is 11.6 Å². The molecule has 0 unspecified atom stereocenters. The lowest BCUT2D eigenvalue weighted by Gasteiger charge is -2.06. The Morgan fingerprint density at radius 3 is 2.67 bits per heavy atom. The van der Waals surface area contributed by atoms with E-state index in [4.69, 9.17) is 5.73 Å². The highest BCUT2D eigenvalue weighted by molar-refractivity contribution is 6.03. The number of aryl methyl sites for hydroxylation is 2. The van der Waals surface area contributed by atoms with Crippen molar-refractivity contribution < 1.29 is 4.79 Å². The van der Waals surface area contributed by atoms with E-state index in [1.165, 1.54) is 6.20 Å². The topological polar surface area (TPSA) is 80.9 Å². The Balaban J connectivity index is 2.18. The molecule has 0 bridgehead atoms. The lowest BCUT2D eigenvalue weighted by Crippen LogP contribution is -2.13. The molecule has 0 radical (unpaired) electrons. The monoisotopic (exact) mass is 242 g/mol. The van der Waals surface area contributed by atoms with E-state index in [9.17, 15) is 4.79 Å². The molecule has 0 aliphatic carbocycles. The second kappa shape index (κ2) is 4.83. The molecule has 2 heterocycles. The summed E-state index contributed by atoms with van der Waals surface area (Å²) < 4.78 is 0. The number of carbonyl (C=O) groups excluding carboxylic acids is 1. The molecule has 0 aromatic carbocycles. The molecule has 5 nitrogen and oxygen atoms in total. The third kappa shape index (κ3) is 2.82. The minimum atomic E-state index is -0.250. The van der Waals surface area contributed by atoms with Crippen molar-refractivity contribution in [2.75, 3.05) is 11.1 Å². The standard InChI is InChI=1S/C13H14N4O/c1-8-5-9(2)16-12(6-8)17-13(18)10-3-4-11(14)15-7-10/h3-7H,1-2H3,(H2,14,15)(H,16,17,18). The first-order valence-corrected chi connectivity index (χ1v) is 5.53. The fraction of sp³-hybridized carbons (Fsp3) is 0.154. The van der Waals surface area contributed by atoms with Crippen LogP contribution in [0.25, 0.3) is 0 Å². The highest BCUT2D eigenvalue weighted by atomic mass is 16.1. The molecular formula is C13H14N4O. The molecule has 92 valence electrons. The van der Waals surface area contributed by atoms with Gasteiger partial charge in [-0.05, 0) is 43.7 Å². The molecule has 5 heteroatoms. The maximum absolute atomic E-state index is 11.9. The Morgan fingerprint density at radius 1 is 1.28 bits per heavy atom. The maximum Gasteiger partial charge on any atom is 0.258 e. The van der Waals surface area contributed by atoms with Gasteiger partial charge in [-0.1, -0.05) is 0 Å². The molecule has 0 saturated heterocycles. The highest BCUT2D eigenvalue weighted by Gasteiger charge is 2.07. The van der Waals surface area contributed by atoms with Crippen molar-refractivity contribution in [3.63, 3.8) is 0 Å². The van der Waals surface area contributed by atoms with Crippen molar-refractivity contribution in [2.45, 2.75) is 13.8 Å². The van der Waals surface area contributed by atoms with Crippen LogP contribution in [0.1, 0.15) is 21.6 Å². The third-order valence-electron chi connectivity index (χ3n) is 2.39. The number of pyridine rings is 2. The fourth-order valence-corrected chi connectivity index (χ4v) is 1.63. The highest BCUT2D eigenvalue weighted by Crippen LogP contribution is 2.11. The Hall–Kier alpha value is -2.43. The van der Waals surface area contributed by atoms with E-state index in [0.29, 0.717) is 17.2 Å². The molecule has 3 N–H and O–H groups in total. The van der Waals surface area contributed by atoms with Gasteiger partial charge in [-0.3, -0.25) is 4.79 Å². The number of anilines is 2. The van der Waals surface area contributed by atoms with Gasteiger partial charge < -0.3 is 11.1 Å². The lowest BCUT2D eigenvalue weighted by molar-refractivity contribution is 0.102. The number of carbonyl (C=O) groups is 1. The summed E-state index contributed by atoms with van der Waals surface area (Å²) in [6, 6.07) is 6.97. The summed E-state index contributed by atoms with van der Waals surface area (Å²) in [5.74, 6) is 0.672. The van der Waals surface area contributed by atoms with Gasteiger partial charge in [-0.15, -0.1) is 0 Å². The summed E-state index contributed by atoms with van der Waals surface area (Å²) in [4.78, 5) is 20.0. The fourth-order valence-electron chi connectivity index (χ4n) is 1.63. The molecular weight excluding hydrogens is 228 g/mol. The van der Waals surface area contributed by atoms with Crippen LogP contribution in [0.2, 0.25) is 0 Å². The van der Waals surface area contributed by atoms with Crippen LogP contribution in [0.5, 0.6) is 0 Å². The van der Waals surface area contributed by atoms with E-state index in [2.05, 4.69) is 15.3 Å². The molecule has 0 fully saturated rings. The number of nitrogens with one attached hydrogen (secondary N) is 1. The second-order valence-electron chi connectivity index (χ2n) is 4.10. The van der Waals surface area contributed by atoms with Gasteiger partial charge in [0, 0.05) is 11.9 Å². The zero-order valence-electron chi connectivity index (χ0n) is 10.3. The van der Waals surface area contributed by atoms with Crippen molar-refractivity contribution in [2.24, 2.45) is 0 Å². The van der Waals surface area contributed by atoms with Crippen LogP contribution in [0.3, 0.4) is 0 Å². The summed E-state index contributed by atoms with van der Waals surface area (Å²) in [6.07, 6.45) is 1.44. The number of nitrogen functional groups attached to an aromatic ring is 1.